The maximum Gasteiger partial charge on any atom is 0.150 e. The van der Waals surface area contributed by atoms with E-state index in [2.05, 4.69) is 66.1 Å². The van der Waals surface area contributed by atoms with Crippen LogP contribution >= 0.6 is 0 Å². The van der Waals surface area contributed by atoms with E-state index in [0.29, 0.717) is 5.56 Å². The van der Waals surface area contributed by atoms with Crippen LogP contribution in [-0.4, -0.2) is 15.8 Å². The lowest BCUT2D eigenvalue weighted by atomic mass is 9.98. The molecule has 33 heavy (non-hydrogen) atoms. The number of aryl methyl sites for hydroxylation is 1. The number of aldehydes is 1. The van der Waals surface area contributed by atoms with Crippen LogP contribution in [0.15, 0.2) is 72.8 Å². The average Bonchev–Trinajstić information content (AvgIpc) is 3.26. The van der Waals surface area contributed by atoms with E-state index in [4.69, 9.17) is 4.98 Å². The van der Waals surface area contributed by atoms with Crippen LogP contribution in [0.25, 0.3) is 44.0 Å². The Morgan fingerprint density at radius 3 is 2.24 bits per heavy atom. The summed E-state index contributed by atoms with van der Waals surface area (Å²) in [5.74, 6) is 1.01. The molecule has 0 amide bonds. The third-order valence-electron chi connectivity index (χ3n) is 6.64. The number of rotatable bonds is 9. The highest BCUT2D eigenvalue weighted by Crippen LogP contribution is 2.38. The van der Waals surface area contributed by atoms with Gasteiger partial charge in [-0.15, -0.1) is 0 Å². The Kier molecular flexibility index (Phi) is 6.21. The number of hydrogen-bond donors (Lipinski definition) is 0. The minimum atomic E-state index is 0.686. The van der Waals surface area contributed by atoms with Gasteiger partial charge in [-0.05, 0) is 23.3 Å². The summed E-state index contributed by atoms with van der Waals surface area (Å²) in [5, 5.41) is 4.63. The topological polar surface area (TPSA) is 34.9 Å². The largest absolute Gasteiger partial charge is 0.323 e. The first kappa shape index (κ1) is 21.4. The molecule has 0 aliphatic carbocycles. The van der Waals surface area contributed by atoms with E-state index in [1.807, 2.05) is 18.2 Å². The highest BCUT2D eigenvalue weighted by molar-refractivity contribution is 6.24. The van der Waals surface area contributed by atoms with Gasteiger partial charge in [0.2, 0.25) is 0 Å². The smallest absolute Gasteiger partial charge is 0.150 e. The Hall–Kier alpha value is -3.46. The Bertz CT molecular complexity index is 1420. The van der Waals surface area contributed by atoms with Crippen molar-refractivity contribution in [3.63, 3.8) is 0 Å². The van der Waals surface area contributed by atoms with Gasteiger partial charge in [-0.25, -0.2) is 4.98 Å². The number of benzene rings is 4. The first-order valence-corrected chi connectivity index (χ1v) is 12.2. The summed E-state index contributed by atoms with van der Waals surface area (Å²) in [6.45, 7) is 3.20. The summed E-state index contributed by atoms with van der Waals surface area (Å²) in [5.41, 5.74) is 3.97. The van der Waals surface area contributed by atoms with Gasteiger partial charge in [0, 0.05) is 28.4 Å². The molecule has 0 spiro atoms. The van der Waals surface area contributed by atoms with E-state index >= 15 is 0 Å². The zero-order valence-electron chi connectivity index (χ0n) is 19.3. The van der Waals surface area contributed by atoms with Crippen LogP contribution in [0, 0.1) is 0 Å². The van der Waals surface area contributed by atoms with Gasteiger partial charge >= 0.3 is 0 Å². The van der Waals surface area contributed by atoms with Crippen molar-refractivity contribution in [3.05, 3.63) is 78.4 Å². The minimum absolute atomic E-state index is 0.686. The third kappa shape index (κ3) is 4.04. The average molecular weight is 435 g/mol. The van der Waals surface area contributed by atoms with Crippen molar-refractivity contribution in [2.75, 3.05) is 0 Å². The Balaban J connectivity index is 1.74. The SMILES string of the molecule is CCCCCCCCn1c(-c2ccccc2)nc2c3cc(C=O)ccc3c3ccccc3c21. The highest BCUT2D eigenvalue weighted by atomic mass is 16.1. The van der Waals surface area contributed by atoms with Crippen LogP contribution < -0.4 is 0 Å². The van der Waals surface area contributed by atoms with Crippen LogP contribution in [0.2, 0.25) is 0 Å². The minimum Gasteiger partial charge on any atom is -0.323 e. The monoisotopic (exact) mass is 434 g/mol. The lowest BCUT2D eigenvalue weighted by Gasteiger charge is -2.12. The fourth-order valence-corrected chi connectivity index (χ4v) is 4.98. The van der Waals surface area contributed by atoms with Crippen molar-refractivity contribution in [2.24, 2.45) is 0 Å². The second kappa shape index (κ2) is 9.58. The molecule has 1 aromatic heterocycles. The number of carbonyl (C=O) groups is 1. The second-order valence-corrected chi connectivity index (χ2v) is 8.89. The Morgan fingerprint density at radius 2 is 1.45 bits per heavy atom. The molecule has 3 nitrogen and oxygen atoms in total. The standard InChI is InChI=1S/C30H30N2O/c1-2-3-4-5-6-12-19-32-29-26-16-11-10-15-24(26)25-18-17-22(21-33)20-27(25)28(29)31-30(32)23-13-8-7-9-14-23/h7-11,13-18,20-21H,2-6,12,19H2,1H3. The number of nitrogens with zero attached hydrogens (tertiary/aromatic N) is 2. The van der Waals surface area contributed by atoms with Crippen LogP contribution in [-0.2, 0) is 6.54 Å². The number of carbonyl (C=O) groups excluding carboxylic acids is 1. The summed E-state index contributed by atoms with van der Waals surface area (Å²) >= 11 is 0. The van der Waals surface area contributed by atoms with Gasteiger partial charge in [0.05, 0.1) is 11.0 Å². The van der Waals surface area contributed by atoms with Gasteiger partial charge in [0.25, 0.3) is 0 Å². The lowest BCUT2D eigenvalue weighted by Crippen LogP contribution is -2.01. The molecule has 0 fully saturated rings. The van der Waals surface area contributed by atoms with Gasteiger partial charge < -0.3 is 4.57 Å². The molecule has 5 aromatic rings. The predicted octanol–water partition coefficient (Wildman–Crippen LogP) is 8.18. The molecule has 166 valence electrons. The zero-order valence-corrected chi connectivity index (χ0v) is 19.3. The number of unbranched alkanes of at least 4 members (excludes halogenated alkanes) is 5. The Labute approximate surface area is 195 Å². The first-order valence-electron chi connectivity index (χ1n) is 12.2. The molecule has 1 heterocycles. The molecule has 0 saturated heterocycles. The van der Waals surface area contributed by atoms with Crippen LogP contribution in [0.4, 0.5) is 0 Å². The number of aromatic nitrogens is 2. The molecule has 3 heteroatoms. The van der Waals surface area contributed by atoms with Crippen LogP contribution in [0.3, 0.4) is 0 Å². The van der Waals surface area contributed by atoms with Gasteiger partial charge in [-0.3, -0.25) is 4.79 Å². The summed E-state index contributed by atoms with van der Waals surface area (Å²) in [6.07, 6.45) is 8.48. The second-order valence-electron chi connectivity index (χ2n) is 8.89. The molecule has 0 aliphatic heterocycles. The van der Waals surface area contributed by atoms with E-state index in [0.717, 1.165) is 46.9 Å². The first-order chi connectivity index (χ1) is 16.3. The number of fused-ring (bicyclic) bond motifs is 6. The van der Waals surface area contributed by atoms with Gasteiger partial charge in [-0.2, -0.15) is 0 Å². The molecule has 0 aliphatic rings. The van der Waals surface area contributed by atoms with Gasteiger partial charge in [0.15, 0.2) is 0 Å². The molecule has 0 bridgehead atoms. The lowest BCUT2D eigenvalue weighted by molar-refractivity contribution is 0.112. The van der Waals surface area contributed by atoms with Crippen molar-refractivity contribution in [1.82, 2.24) is 9.55 Å². The van der Waals surface area contributed by atoms with Gasteiger partial charge in [-0.1, -0.05) is 106 Å². The van der Waals surface area contributed by atoms with E-state index in [1.165, 1.54) is 48.4 Å². The van der Waals surface area contributed by atoms with Crippen LogP contribution in [0.1, 0.15) is 55.8 Å². The maximum atomic E-state index is 11.6. The van der Waals surface area contributed by atoms with Crippen molar-refractivity contribution >= 4 is 38.9 Å². The van der Waals surface area contributed by atoms with Crippen molar-refractivity contribution in [2.45, 2.75) is 52.0 Å². The fraction of sp³-hybridized carbons (Fsp3) is 0.267. The summed E-state index contributed by atoms with van der Waals surface area (Å²) in [7, 11) is 0. The molecule has 0 atom stereocenters. The predicted molar refractivity (Wildman–Crippen MR) is 139 cm³/mol. The van der Waals surface area contributed by atoms with Crippen molar-refractivity contribution in [3.8, 4) is 11.4 Å². The summed E-state index contributed by atoms with van der Waals surface area (Å²) in [6, 6.07) is 25.0. The summed E-state index contributed by atoms with van der Waals surface area (Å²) < 4.78 is 2.42. The van der Waals surface area contributed by atoms with E-state index in [1.54, 1.807) is 0 Å². The molecule has 0 unspecified atom stereocenters. The highest BCUT2D eigenvalue weighted by Gasteiger charge is 2.18. The molecular weight excluding hydrogens is 404 g/mol. The van der Waals surface area contributed by atoms with E-state index < -0.39 is 0 Å². The Morgan fingerprint density at radius 1 is 0.758 bits per heavy atom. The fourth-order valence-electron chi connectivity index (χ4n) is 4.98. The molecule has 0 radical (unpaired) electrons. The quantitative estimate of drug-likeness (QED) is 0.133. The van der Waals surface area contributed by atoms with Crippen LogP contribution in [0.5, 0.6) is 0 Å². The molecule has 5 rings (SSSR count). The number of hydrogen-bond acceptors (Lipinski definition) is 2. The third-order valence-corrected chi connectivity index (χ3v) is 6.64. The number of imidazole rings is 1. The molecule has 0 saturated carbocycles. The summed E-state index contributed by atoms with van der Waals surface area (Å²) in [4.78, 5) is 16.8. The zero-order chi connectivity index (χ0) is 22.6. The van der Waals surface area contributed by atoms with E-state index in [-0.39, 0.29) is 0 Å². The molecule has 4 aromatic carbocycles. The molecule has 0 N–H and O–H groups in total. The normalized spacial score (nSPS) is 11.5. The molecular formula is C30H30N2O. The van der Waals surface area contributed by atoms with Crippen molar-refractivity contribution < 1.29 is 4.79 Å². The maximum absolute atomic E-state index is 11.6. The van der Waals surface area contributed by atoms with E-state index in [9.17, 15) is 4.79 Å². The van der Waals surface area contributed by atoms with Gasteiger partial charge in [0.1, 0.15) is 12.1 Å². The van der Waals surface area contributed by atoms with Crippen molar-refractivity contribution in [1.29, 1.82) is 0 Å².